The predicted octanol–water partition coefficient (Wildman–Crippen LogP) is 2.77. The van der Waals surface area contributed by atoms with Crippen LogP contribution in [0.15, 0.2) is 12.3 Å². The average Bonchev–Trinajstić information content (AvgIpc) is 2.78. The van der Waals surface area contributed by atoms with Crippen molar-refractivity contribution in [3.05, 3.63) is 23.5 Å². The van der Waals surface area contributed by atoms with E-state index in [4.69, 9.17) is 5.73 Å². The molecule has 2 unspecified atom stereocenters. The number of rotatable bonds is 5. The molecule has 0 saturated carbocycles. The highest BCUT2D eigenvalue weighted by Gasteiger charge is 2.32. The number of nitrogens with two attached hydrogens (primary N) is 1. The summed E-state index contributed by atoms with van der Waals surface area (Å²) in [6, 6.07) is 2.50. The first-order chi connectivity index (χ1) is 9.82. The normalized spacial score (nSPS) is 21.7. The highest BCUT2D eigenvalue weighted by molar-refractivity contribution is 5.76. The Morgan fingerprint density at radius 2 is 2.29 bits per heavy atom. The molecule has 2 rings (SSSR count). The van der Waals surface area contributed by atoms with Crippen LogP contribution in [-0.4, -0.2) is 16.5 Å². The Morgan fingerprint density at radius 1 is 1.57 bits per heavy atom. The fraction of sp³-hybridized carbons (Fsp3) is 0.706. The van der Waals surface area contributed by atoms with E-state index in [0.717, 1.165) is 25.8 Å². The van der Waals surface area contributed by atoms with E-state index in [-0.39, 0.29) is 23.4 Å². The van der Waals surface area contributed by atoms with Crippen LogP contribution in [0.2, 0.25) is 0 Å². The highest BCUT2D eigenvalue weighted by atomic mass is 16.1. The van der Waals surface area contributed by atoms with Crippen molar-refractivity contribution in [3.63, 3.8) is 0 Å². The van der Waals surface area contributed by atoms with Gasteiger partial charge < -0.3 is 15.6 Å². The van der Waals surface area contributed by atoms with Crippen molar-refractivity contribution in [2.24, 2.45) is 11.1 Å². The van der Waals surface area contributed by atoms with E-state index in [0.29, 0.717) is 6.42 Å². The van der Waals surface area contributed by atoms with Gasteiger partial charge in [-0.3, -0.25) is 4.79 Å². The predicted molar refractivity (Wildman–Crippen MR) is 86.0 cm³/mol. The average molecular weight is 291 g/mol. The van der Waals surface area contributed by atoms with E-state index in [1.807, 2.05) is 6.92 Å². The lowest BCUT2D eigenvalue weighted by atomic mass is 9.74. The molecule has 4 nitrogen and oxygen atoms in total. The Bertz CT molecular complexity index is 504. The van der Waals surface area contributed by atoms with Crippen LogP contribution >= 0.6 is 0 Å². The van der Waals surface area contributed by atoms with E-state index in [1.165, 1.54) is 11.3 Å². The van der Waals surface area contributed by atoms with E-state index in [1.54, 1.807) is 0 Å². The first-order valence-corrected chi connectivity index (χ1v) is 8.05. The van der Waals surface area contributed by atoms with Crippen LogP contribution in [0.3, 0.4) is 0 Å². The number of hydrogen-bond donors (Lipinski definition) is 2. The standard InChI is InChI=1S/C17H29N3O/c1-5-12(2)19-16(21)7-9-20-8-6-13-14(18)10-17(3,4)11-15(13)20/h6,8,12,14H,5,7,9-11,18H2,1-4H3,(H,19,21). The molecule has 0 saturated heterocycles. The third-order valence-electron chi connectivity index (χ3n) is 4.53. The Morgan fingerprint density at radius 3 is 2.95 bits per heavy atom. The molecule has 1 aromatic rings. The second-order valence-corrected chi connectivity index (χ2v) is 7.19. The van der Waals surface area contributed by atoms with Gasteiger partial charge in [-0.05, 0) is 43.2 Å². The van der Waals surface area contributed by atoms with Gasteiger partial charge in [-0.2, -0.15) is 0 Å². The molecule has 0 aromatic carbocycles. The lowest BCUT2D eigenvalue weighted by molar-refractivity contribution is -0.121. The summed E-state index contributed by atoms with van der Waals surface area (Å²) in [5.41, 5.74) is 9.10. The van der Waals surface area contributed by atoms with E-state index in [2.05, 4.69) is 42.9 Å². The zero-order valence-electron chi connectivity index (χ0n) is 13.8. The molecule has 0 fully saturated rings. The van der Waals surface area contributed by atoms with Gasteiger partial charge in [0.2, 0.25) is 5.91 Å². The molecule has 0 radical (unpaired) electrons. The first-order valence-electron chi connectivity index (χ1n) is 8.05. The molecular weight excluding hydrogens is 262 g/mol. The van der Waals surface area contributed by atoms with E-state index < -0.39 is 0 Å². The van der Waals surface area contributed by atoms with Gasteiger partial charge in [-0.25, -0.2) is 0 Å². The number of hydrogen-bond acceptors (Lipinski definition) is 2. The second kappa shape index (κ2) is 6.22. The maximum atomic E-state index is 11.9. The second-order valence-electron chi connectivity index (χ2n) is 7.19. The summed E-state index contributed by atoms with van der Waals surface area (Å²) in [6.45, 7) is 9.39. The summed E-state index contributed by atoms with van der Waals surface area (Å²) in [7, 11) is 0. The van der Waals surface area contributed by atoms with Gasteiger partial charge in [0.15, 0.2) is 0 Å². The first kappa shape index (κ1) is 16.1. The zero-order valence-corrected chi connectivity index (χ0v) is 13.8. The third-order valence-corrected chi connectivity index (χ3v) is 4.53. The van der Waals surface area contributed by atoms with Gasteiger partial charge in [-0.1, -0.05) is 20.8 Å². The van der Waals surface area contributed by atoms with Crippen LogP contribution in [0, 0.1) is 5.41 Å². The largest absolute Gasteiger partial charge is 0.354 e. The minimum Gasteiger partial charge on any atom is -0.354 e. The summed E-state index contributed by atoms with van der Waals surface area (Å²) >= 11 is 0. The Hall–Kier alpha value is -1.29. The summed E-state index contributed by atoms with van der Waals surface area (Å²) < 4.78 is 2.21. The Kier molecular flexibility index (Phi) is 4.77. The van der Waals surface area contributed by atoms with Crippen LogP contribution in [0.25, 0.3) is 0 Å². The minimum atomic E-state index is 0.124. The van der Waals surface area contributed by atoms with Crippen LogP contribution in [0.4, 0.5) is 0 Å². The summed E-state index contributed by atoms with van der Waals surface area (Å²) in [6.07, 6.45) is 5.64. The van der Waals surface area contributed by atoms with Crippen LogP contribution in [0.1, 0.15) is 64.3 Å². The fourth-order valence-corrected chi connectivity index (χ4v) is 3.17. The lowest BCUT2D eigenvalue weighted by Gasteiger charge is -2.34. The highest BCUT2D eigenvalue weighted by Crippen LogP contribution is 2.39. The monoisotopic (exact) mass is 291 g/mol. The number of carbonyl (C=O) groups excluding carboxylic acids is 1. The van der Waals surface area contributed by atoms with Gasteiger partial charge in [0.1, 0.15) is 0 Å². The minimum absolute atomic E-state index is 0.124. The SMILES string of the molecule is CCC(C)NC(=O)CCn1ccc2c1CC(C)(C)CC2N. The lowest BCUT2D eigenvalue weighted by Crippen LogP contribution is -2.33. The Balaban J connectivity index is 2.01. The maximum absolute atomic E-state index is 11.9. The number of carbonyl (C=O) groups is 1. The quantitative estimate of drug-likeness (QED) is 0.876. The molecule has 1 aliphatic rings. The molecule has 1 aromatic heterocycles. The smallest absolute Gasteiger partial charge is 0.221 e. The van der Waals surface area contributed by atoms with Crippen molar-refractivity contribution >= 4 is 5.91 Å². The van der Waals surface area contributed by atoms with Crippen molar-refractivity contribution in [1.82, 2.24) is 9.88 Å². The Labute approximate surface area is 128 Å². The fourth-order valence-electron chi connectivity index (χ4n) is 3.17. The third kappa shape index (κ3) is 3.88. The molecule has 4 heteroatoms. The molecule has 1 amide bonds. The van der Waals surface area contributed by atoms with Crippen molar-refractivity contribution in [2.45, 2.75) is 72.0 Å². The van der Waals surface area contributed by atoms with Crippen LogP contribution < -0.4 is 11.1 Å². The maximum Gasteiger partial charge on any atom is 0.221 e. The number of amides is 1. The number of aromatic nitrogens is 1. The summed E-state index contributed by atoms with van der Waals surface area (Å²) in [5.74, 6) is 0.131. The zero-order chi connectivity index (χ0) is 15.6. The number of fused-ring (bicyclic) bond motifs is 1. The summed E-state index contributed by atoms with van der Waals surface area (Å²) in [5, 5.41) is 3.02. The van der Waals surface area contributed by atoms with E-state index >= 15 is 0 Å². The van der Waals surface area contributed by atoms with Gasteiger partial charge in [0, 0.05) is 36.9 Å². The summed E-state index contributed by atoms with van der Waals surface area (Å²) in [4.78, 5) is 11.9. The molecule has 0 spiro atoms. The van der Waals surface area contributed by atoms with Gasteiger partial charge in [-0.15, -0.1) is 0 Å². The molecule has 2 atom stereocenters. The van der Waals surface area contributed by atoms with Gasteiger partial charge in [0.25, 0.3) is 0 Å². The van der Waals surface area contributed by atoms with E-state index in [9.17, 15) is 4.79 Å². The van der Waals surface area contributed by atoms with Crippen molar-refractivity contribution in [2.75, 3.05) is 0 Å². The van der Waals surface area contributed by atoms with Crippen LogP contribution in [0.5, 0.6) is 0 Å². The molecule has 21 heavy (non-hydrogen) atoms. The molecular formula is C17H29N3O. The van der Waals surface area contributed by atoms with Gasteiger partial charge in [0.05, 0.1) is 0 Å². The molecule has 1 aliphatic carbocycles. The number of nitrogens with zero attached hydrogens (tertiary/aromatic N) is 1. The molecule has 118 valence electrons. The number of nitrogens with one attached hydrogen (secondary N) is 1. The van der Waals surface area contributed by atoms with Crippen molar-refractivity contribution < 1.29 is 4.79 Å². The molecule has 1 heterocycles. The molecule has 3 N–H and O–H groups in total. The van der Waals surface area contributed by atoms with Crippen molar-refractivity contribution in [3.8, 4) is 0 Å². The number of aryl methyl sites for hydroxylation is 1. The van der Waals surface area contributed by atoms with Crippen LogP contribution in [-0.2, 0) is 17.8 Å². The molecule has 0 aliphatic heterocycles. The van der Waals surface area contributed by atoms with Crippen molar-refractivity contribution in [1.29, 1.82) is 0 Å². The van der Waals surface area contributed by atoms with Gasteiger partial charge >= 0.3 is 0 Å². The topological polar surface area (TPSA) is 60.0 Å². The molecule has 0 bridgehead atoms.